The number of carbonyl (C=O) groups excluding carboxylic acids is 1. The molecule has 0 radical (unpaired) electrons. The summed E-state index contributed by atoms with van der Waals surface area (Å²) in [5.74, 6) is -0.0525. The number of methoxy groups -OCH3 is 1. The number of hydrogen-bond acceptors (Lipinski definition) is 4. The van der Waals surface area contributed by atoms with E-state index in [4.69, 9.17) is 16.3 Å². The van der Waals surface area contributed by atoms with E-state index in [-0.39, 0.29) is 11.8 Å². The monoisotopic (exact) mass is 262 g/mol. The Labute approximate surface area is 110 Å². The van der Waals surface area contributed by atoms with E-state index in [1.807, 2.05) is 0 Å². The van der Waals surface area contributed by atoms with E-state index in [1.54, 1.807) is 30.6 Å². The van der Waals surface area contributed by atoms with Crippen LogP contribution in [0.15, 0.2) is 30.6 Å². The summed E-state index contributed by atoms with van der Waals surface area (Å²) in [7, 11) is 1.50. The normalized spacial score (nSPS) is 10.2. The lowest BCUT2D eigenvalue weighted by Gasteiger charge is -2.07. The molecule has 0 spiro atoms. The van der Waals surface area contributed by atoms with Crippen LogP contribution in [0, 0.1) is 0 Å². The van der Waals surface area contributed by atoms with Crippen molar-refractivity contribution < 1.29 is 9.53 Å². The third-order valence-electron chi connectivity index (χ3n) is 2.48. The maximum Gasteiger partial charge on any atom is 0.316 e. The van der Waals surface area contributed by atoms with Crippen molar-refractivity contribution in [3.05, 3.63) is 41.2 Å². The van der Waals surface area contributed by atoms with Gasteiger partial charge in [0.2, 0.25) is 0 Å². The van der Waals surface area contributed by atoms with Gasteiger partial charge >= 0.3 is 6.01 Å². The van der Waals surface area contributed by atoms with Gasteiger partial charge in [-0.1, -0.05) is 17.7 Å². The van der Waals surface area contributed by atoms with Crippen molar-refractivity contribution in [2.75, 3.05) is 7.11 Å². The predicted octanol–water partition coefficient (Wildman–Crippen LogP) is 3.01. The summed E-state index contributed by atoms with van der Waals surface area (Å²) >= 11 is 5.89. The molecule has 0 amide bonds. The summed E-state index contributed by atoms with van der Waals surface area (Å²) in [6, 6.07) is 5.44. The number of hydrogen-bond donors (Lipinski definition) is 0. The van der Waals surface area contributed by atoms with E-state index in [2.05, 4.69) is 9.97 Å². The Morgan fingerprint density at radius 1 is 1.28 bits per heavy atom. The molecule has 4 nitrogen and oxygen atoms in total. The Bertz CT molecular complexity index is 582. The van der Waals surface area contributed by atoms with Crippen LogP contribution in [0.4, 0.5) is 0 Å². The highest BCUT2D eigenvalue weighted by molar-refractivity contribution is 6.31. The fourth-order valence-corrected chi connectivity index (χ4v) is 1.79. The predicted molar refractivity (Wildman–Crippen MR) is 69.0 cm³/mol. The summed E-state index contributed by atoms with van der Waals surface area (Å²) in [5, 5.41) is 0.526. The van der Waals surface area contributed by atoms with Gasteiger partial charge in [-0.2, -0.15) is 0 Å². The molecule has 92 valence electrons. The van der Waals surface area contributed by atoms with Gasteiger partial charge in [-0.25, -0.2) is 9.97 Å². The average Bonchev–Trinajstić information content (AvgIpc) is 2.39. The van der Waals surface area contributed by atoms with Crippen molar-refractivity contribution in [3.8, 4) is 17.1 Å². The van der Waals surface area contributed by atoms with Gasteiger partial charge in [0.15, 0.2) is 5.78 Å². The minimum absolute atomic E-state index is 0.0525. The second kappa shape index (κ2) is 5.14. The number of aromatic nitrogens is 2. The molecule has 0 aliphatic heterocycles. The van der Waals surface area contributed by atoms with E-state index in [1.165, 1.54) is 14.0 Å². The zero-order valence-electron chi connectivity index (χ0n) is 9.98. The Hall–Kier alpha value is -1.94. The lowest BCUT2D eigenvalue weighted by atomic mass is 10.00. The number of rotatable bonds is 3. The molecule has 1 aromatic heterocycles. The summed E-state index contributed by atoms with van der Waals surface area (Å²) in [6.07, 6.45) is 3.23. The van der Waals surface area contributed by atoms with Crippen molar-refractivity contribution in [2.24, 2.45) is 0 Å². The molecule has 0 unspecified atom stereocenters. The van der Waals surface area contributed by atoms with Gasteiger partial charge < -0.3 is 4.74 Å². The molecule has 0 atom stereocenters. The molecular formula is C13H11ClN2O2. The molecule has 0 fully saturated rings. The van der Waals surface area contributed by atoms with E-state index >= 15 is 0 Å². The number of ether oxygens (including phenoxy) is 1. The van der Waals surface area contributed by atoms with Gasteiger partial charge in [-0.15, -0.1) is 0 Å². The molecule has 0 N–H and O–H groups in total. The van der Waals surface area contributed by atoms with Gasteiger partial charge in [0.25, 0.3) is 0 Å². The van der Waals surface area contributed by atoms with Crippen LogP contribution < -0.4 is 4.74 Å². The summed E-state index contributed by atoms with van der Waals surface area (Å²) in [6.45, 7) is 1.50. The molecule has 2 rings (SSSR count). The molecule has 1 heterocycles. The van der Waals surface area contributed by atoms with Crippen LogP contribution in [0.5, 0.6) is 6.01 Å². The van der Waals surface area contributed by atoms with Crippen molar-refractivity contribution in [2.45, 2.75) is 6.92 Å². The van der Waals surface area contributed by atoms with Crippen LogP contribution in [0.3, 0.4) is 0 Å². The number of Topliss-reactive ketones (excluding diaryl/α,β-unsaturated/α-hetero) is 1. The molecule has 1 aromatic carbocycles. The molecule has 0 saturated heterocycles. The first-order valence-corrected chi connectivity index (χ1v) is 5.66. The van der Waals surface area contributed by atoms with Gasteiger partial charge in [-0.05, 0) is 24.6 Å². The quantitative estimate of drug-likeness (QED) is 0.798. The Balaban J connectivity index is 2.52. The van der Waals surface area contributed by atoms with Crippen LogP contribution in [0.2, 0.25) is 5.02 Å². The molecular weight excluding hydrogens is 252 g/mol. The highest BCUT2D eigenvalue weighted by atomic mass is 35.5. The van der Waals surface area contributed by atoms with Crippen molar-refractivity contribution in [1.29, 1.82) is 0 Å². The number of ketones is 1. The van der Waals surface area contributed by atoms with Crippen molar-refractivity contribution in [1.82, 2.24) is 9.97 Å². The molecule has 18 heavy (non-hydrogen) atoms. The summed E-state index contributed by atoms with van der Waals surface area (Å²) in [4.78, 5) is 19.6. The first-order valence-electron chi connectivity index (χ1n) is 5.28. The highest BCUT2D eigenvalue weighted by Gasteiger charge is 2.11. The second-order valence-electron chi connectivity index (χ2n) is 3.70. The maximum absolute atomic E-state index is 11.6. The SMILES string of the molecule is COc1ncc(-c2ccc(Cl)cc2C(C)=O)cn1. The minimum atomic E-state index is -0.0525. The third-order valence-corrected chi connectivity index (χ3v) is 2.72. The zero-order valence-corrected chi connectivity index (χ0v) is 10.7. The topological polar surface area (TPSA) is 52.1 Å². The Kier molecular flexibility index (Phi) is 3.58. The van der Waals surface area contributed by atoms with E-state index < -0.39 is 0 Å². The standard InChI is InChI=1S/C13H11ClN2O2/c1-8(17)12-5-10(14)3-4-11(12)9-6-15-13(18-2)16-7-9/h3-7H,1-2H3. The van der Waals surface area contributed by atoms with E-state index in [0.717, 1.165) is 11.1 Å². The zero-order chi connectivity index (χ0) is 13.1. The molecule has 0 bridgehead atoms. The first-order chi connectivity index (χ1) is 8.61. The van der Waals surface area contributed by atoms with Gasteiger partial charge in [0, 0.05) is 28.5 Å². The van der Waals surface area contributed by atoms with Crippen LogP contribution >= 0.6 is 11.6 Å². The number of nitrogens with zero attached hydrogens (tertiary/aromatic N) is 2. The Morgan fingerprint density at radius 3 is 2.50 bits per heavy atom. The van der Waals surface area contributed by atoms with Crippen LogP contribution in [0.25, 0.3) is 11.1 Å². The average molecular weight is 263 g/mol. The molecule has 2 aromatic rings. The third kappa shape index (κ3) is 2.49. The van der Waals surface area contributed by atoms with Crippen molar-refractivity contribution in [3.63, 3.8) is 0 Å². The lowest BCUT2D eigenvalue weighted by Crippen LogP contribution is -1.98. The lowest BCUT2D eigenvalue weighted by molar-refractivity contribution is 0.101. The summed E-state index contributed by atoms with van der Waals surface area (Å²) < 4.78 is 4.89. The fraction of sp³-hybridized carbons (Fsp3) is 0.154. The maximum atomic E-state index is 11.6. The van der Waals surface area contributed by atoms with Crippen LogP contribution in [-0.2, 0) is 0 Å². The largest absolute Gasteiger partial charge is 0.467 e. The number of carbonyl (C=O) groups is 1. The molecule has 0 saturated carbocycles. The van der Waals surface area contributed by atoms with Crippen molar-refractivity contribution >= 4 is 17.4 Å². The van der Waals surface area contributed by atoms with E-state index in [0.29, 0.717) is 10.6 Å². The number of benzene rings is 1. The van der Waals surface area contributed by atoms with Gasteiger partial charge in [0.1, 0.15) is 0 Å². The first kappa shape index (κ1) is 12.5. The van der Waals surface area contributed by atoms with Gasteiger partial charge in [-0.3, -0.25) is 4.79 Å². The fourth-order valence-electron chi connectivity index (χ4n) is 1.62. The smallest absolute Gasteiger partial charge is 0.316 e. The number of halogens is 1. The molecule has 0 aliphatic carbocycles. The van der Waals surface area contributed by atoms with Crippen LogP contribution in [-0.4, -0.2) is 22.9 Å². The summed E-state index contributed by atoms with van der Waals surface area (Å²) in [5.41, 5.74) is 2.06. The van der Waals surface area contributed by atoms with Crippen LogP contribution in [0.1, 0.15) is 17.3 Å². The second-order valence-corrected chi connectivity index (χ2v) is 4.14. The van der Waals surface area contributed by atoms with Gasteiger partial charge in [0.05, 0.1) is 7.11 Å². The highest BCUT2D eigenvalue weighted by Crippen LogP contribution is 2.26. The molecule has 0 aliphatic rings. The minimum Gasteiger partial charge on any atom is -0.467 e. The molecule has 5 heteroatoms. The Morgan fingerprint density at radius 2 is 1.94 bits per heavy atom. The van der Waals surface area contributed by atoms with E-state index in [9.17, 15) is 4.79 Å².